The lowest BCUT2D eigenvalue weighted by Crippen LogP contribution is -2.44. The van der Waals surface area contributed by atoms with Crippen LogP contribution in [0.2, 0.25) is 0 Å². The van der Waals surface area contributed by atoms with E-state index in [9.17, 15) is 14.4 Å². The average molecular weight is 323 g/mol. The molecule has 126 valence electrons. The third-order valence-corrected chi connectivity index (χ3v) is 4.05. The van der Waals surface area contributed by atoms with E-state index >= 15 is 0 Å². The van der Waals surface area contributed by atoms with Crippen molar-refractivity contribution in [2.75, 3.05) is 0 Å². The Hall–Kier alpha value is -2.45. The van der Waals surface area contributed by atoms with Gasteiger partial charge in [-0.25, -0.2) is 9.48 Å². The summed E-state index contributed by atoms with van der Waals surface area (Å²) in [5, 5.41) is 18.6. The second-order valence-corrected chi connectivity index (χ2v) is 5.85. The number of carbonyl (C=O) groups is 3. The van der Waals surface area contributed by atoms with Gasteiger partial charge in [-0.3, -0.25) is 9.59 Å². The van der Waals surface area contributed by atoms with E-state index in [1.807, 2.05) is 0 Å². The average Bonchev–Trinajstić information content (AvgIpc) is 2.95. The molecule has 0 saturated heterocycles. The first-order valence-corrected chi connectivity index (χ1v) is 7.67. The standard InChI is InChI=1S/C14H21N5O4/c15-12(20)6-10(9-4-2-1-3-5-9)16-13(21)8-19-7-11(14(22)23)17-18-19/h7,9-10H,1-6,8H2,(H2,15,20)(H,16,21)(H,22,23). The van der Waals surface area contributed by atoms with Crippen LogP contribution in [0.15, 0.2) is 6.20 Å². The number of rotatable bonds is 7. The number of aromatic carboxylic acids is 1. The monoisotopic (exact) mass is 323 g/mol. The van der Waals surface area contributed by atoms with Crippen LogP contribution >= 0.6 is 0 Å². The lowest BCUT2D eigenvalue weighted by atomic mass is 9.82. The molecule has 2 rings (SSSR count). The van der Waals surface area contributed by atoms with Gasteiger partial charge in [-0.05, 0) is 18.8 Å². The van der Waals surface area contributed by atoms with Gasteiger partial charge >= 0.3 is 5.97 Å². The van der Waals surface area contributed by atoms with Crippen LogP contribution in [0.4, 0.5) is 0 Å². The summed E-state index contributed by atoms with van der Waals surface area (Å²) in [5.41, 5.74) is 5.06. The second kappa shape index (κ2) is 7.70. The molecule has 0 aromatic carbocycles. The maximum absolute atomic E-state index is 12.1. The molecule has 1 aliphatic carbocycles. The molecule has 9 heteroatoms. The minimum Gasteiger partial charge on any atom is -0.476 e. The fourth-order valence-corrected chi connectivity index (χ4v) is 2.96. The van der Waals surface area contributed by atoms with Crippen LogP contribution in [0.25, 0.3) is 0 Å². The van der Waals surface area contributed by atoms with Crippen LogP contribution < -0.4 is 11.1 Å². The number of nitrogens with one attached hydrogen (secondary N) is 1. The first-order valence-electron chi connectivity index (χ1n) is 7.67. The van der Waals surface area contributed by atoms with Crippen molar-refractivity contribution in [3.05, 3.63) is 11.9 Å². The molecule has 0 spiro atoms. The fraction of sp³-hybridized carbons (Fsp3) is 0.643. The number of nitrogens with two attached hydrogens (primary N) is 1. The molecule has 1 saturated carbocycles. The Balaban J connectivity index is 1.95. The summed E-state index contributed by atoms with van der Waals surface area (Å²) in [6, 6.07) is -0.289. The summed E-state index contributed by atoms with van der Waals surface area (Å²) in [4.78, 5) is 34.1. The van der Waals surface area contributed by atoms with Crippen LogP contribution in [0.1, 0.15) is 49.0 Å². The van der Waals surface area contributed by atoms with Gasteiger partial charge in [0.15, 0.2) is 5.69 Å². The number of carboxylic acids is 1. The summed E-state index contributed by atoms with van der Waals surface area (Å²) in [6.07, 6.45) is 6.56. The molecule has 2 amide bonds. The number of nitrogens with zero attached hydrogens (tertiary/aromatic N) is 3. The van der Waals surface area contributed by atoms with E-state index in [0.29, 0.717) is 0 Å². The molecular formula is C14H21N5O4. The van der Waals surface area contributed by atoms with Gasteiger partial charge in [0.25, 0.3) is 0 Å². The Morgan fingerprint density at radius 2 is 2.04 bits per heavy atom. The van der Waals surface area contributed by atoms with Crippen molar-refractivity contribution in [2.45, 2.75) is 51.1 Å². The summed E-state index contributed by atoms with van der Waals surface area (Å²) < 4.78 is 1.15. The van der Waals surface area contributed by atoms with Crippen molar-refractivity contribution in [1.82, 2.24) is 20.3 Å². The van der Waals surface area contributed by atoms with Crippen molar-refractivity contribution >= 4 is 17.8 Å². The van der Waals surface area contributed by atoms with Crippen molar-refractivity contribution in [2.24, 2.45) is 11.7 Å². The van der Waals surface area contributed by atoms with Crippen LogP contribution in [0.5, 0.6) is 0 Å². The zero-order chi connectivity index (χ0) is 16.8. The Labute approximate surface area is 133 Å². The molecule has 1 aliphatic rings. The maximum Gasteiger partial charge on any atom is 0.358 e. The van der Waals surface area contributed by atoms with E-state index in [4.69, 9.17) is 10.8 Å². The van der Waals surface area contributed by atoms with Gasteiger partial charge in [0.2, 0.25) is 11.8 Å². The number of aromatic nitrogens is 3. The molecule has 1 aromatic heterocycles. The zero-order valence-corrected chi connectivity index (χ0v) is 12.8. The van der Waals surface area contributed by atoms with Crippen LogP contribution in [-0.4, -0.2) is 43.9 Å². The van der Waals surface area contributed by atoms with Gasteiger partial charge < -0.3 is 16.2 Å². The van der Waals surface area contributed by atoms with Crippen molar-refractivity contribution in [3.63, 3.8) is 0 Å². The Morgan fingerprint density at radius 1 is 1.35 bits per heavy atom. The molecular weight excluding hydrogens is 302 g/mol. The number of carbonyl (C=O) groups excluding carboxylic acids is 2. The molecule has 9 nitrogen and oxygen atoms in total. The molecule has 4 N–H and O–H groups in total. The van der Waals surface area contributed by atoms with Crippen molar-refractivity contribution < 1.29 is 19.5 Å². The van der Waals surface area contributed by atoms with Gasteiger partial charge in [-0.2, -0.15) is 0 Å². The highest BCUT2D eigenvalue weighted by Crippen LogP contribution is 2.27. The molecule has 1 unspecified atom stereocenters. The lowest BCUT2D eigenvalue weighted by molar-refractivity contribution is -0.124. The van der Waals surface area contributed by atoms with Crippen LogP contribution in [0, 0.1) is 5.92 Å². The smallest absolute Gasteiger partial charge is 0.358 e. The van der Waals surface area contributed by atoms with E-state index < -0.39 is 11.9 Å². The molecule has 1 atom stereocenters. The quantitative estimate of drug-likeness (QED) is 0.641. The predicted octanol–water partition coefficient (Wildman–Crippen LogP) is -0.0832. The summed E-state index contributed by atoms with van der Waals surface area (Å²) in [5.74, 6) is -1.76. The topological polar surface area (TPSA) is 140 Å². The van der Waals surface area contributed by atoms with E-state index in [0.717, 1.165) is 30.4 Å². The van der Waals surface area contributed by atoms with Gasteiger partial charge in [-0.1, -0.05) is 24.5 Å². The number of hydrogen-bond acceptors (Lipinski definition) is 5. The van der Waals surface area contributed by atoms with Gasteiger partial charge in [0.1, 0.15) is 6.54 Å². The van der Waals surface area contributed by atoms with Gasteiger partial charge in [0, 0.05) is 12.5 Å². The molecule has 1 aromatic rings. The van der Waals surface area contributed by atoms with Gasteiger partial charge in [0.05, 0.1) is 6.20 Å². The normalized spacial score (nSPS) is 16.7. The Morgan fingerprint density at radius 3 is 2.61 bits per heavy atom. The number of hydrogen-bond donors (Lipinski definition) is 3. The van der Waals surface area contributed by atoms with E-state index in [-0.39, 0.29) is 36.5 Å². The van der Waals surface area contributed by atoms with Crippen molar-refractivity contribution in [1.29, 1.82) is 0 Å². The summed E-state index contributed by atoms with van der Waals surface area (Å²) in [6.45, 7) is -0.151. The number of amides is 2. The first kappa shape index (κ1) is 16.9. The number of carboxylic acid groups (broad SMARTS) is 1. The highest BCUT2D eigenvalue weighted by atomic mass is 16.4. The van der Waals surface area contributed by atoms with Crippen LogP contribution in [-0.2, 0) is 16.1 Å². The zero-order valence-electron chi connectivity index (χ0n) is 12.8. The van der Waals surface area contributed by atoms with E-state index in [1.54, 1.807) is 0 Å². The first-order chi connectivity index (χ1) is 11.0. The third-order valence-electron chi connectivity index (χ3n) is 4.05. The third kappa shape index (κ3) is 5.04. The Bertz CT molecular complexity index is 579. The minimum atomic E-state index is -1.20. The fourth-order valence-electron chi connectivity index (χ4n) is 2.96. The van der Waals surface area contributed by atoms with Crippen LogP contribution in [0.3, 0.4) is 0 Å². The summed E-state index contributed by atoms with van der Waals surface area (Å²) in [7, 11) is 0. The van der Waals surface area contributed by atoms with E-state index in [2.05, 4.69) is 15.6 Å². The second-order valence-electron chi connectivity index (χ2n) is 5.85. The number of primary amides is 1. The molecule has 0 bridgehead atoms. The molecule has 0 aliphatic heterocycles. The highest BCUT2D eigenvalue weighted by Gasteiger charge is 2.26. The summed E-state index contributed by atoms with van der Waals surface area (Å²) >= 11 is 0. The van der Waals surface area contributed by atoms with Gasteiger partial charge in [-0.15, -0.1) is 5.10 Å². The molecule has 0 radical (unpaired) electrons. The molecule has 23 heavy (non-hydrogen) atoms. The minimum absolute atomic E-state index is 0.105. The predicted molar refractivity (Wildman–Crippen MR) is 79.3 cm³/mol. The maximum atomic E-state index is 12.1. The van der Waals surface area contributed by atoms with Crippen molar-refractivity contribution in [3.8, 4) is 0 Å². The Kier molecular flexibility index (Phi) is 5.67. The van der Waals surface area contributed by atoms with E-state index in [1.165, 1.54) is 12.6 Å². The SMILES string of the molecule is NC(=O)CC(NC(=O)Cn1cc(C(=O)O)nn1)C1CCCCC1. The largest absolute Gasteiger partial charge is 0.476 e. The molecule has 1 fully saturated rings. The highest BCUT2D eigenvalue weighted by molar-refractivity contribution is 5.85. The lowest BCUT2D eigenvalue weighted by Gasteiger charge is -2.30. The molecule has 1 heterocycles.